The van der Waals surface area contributed by atoms with Crippen molar-refractivity contribution in [1.82, 2.24) is 0 Å². The van der Waals surface area contributed by atoms with E-state index in [1.54, 1.807) is 0 Å². The van der Waals surface area contributed by atoms with Crippen LogP contribution in [-0.4, -0.2) is 27.0 Å². The van der Waals surface area contributed by atoms with Crippen molar-refractivity contribution in [2.45, 2.75) is 71.8 Å². The van der Waals surface area contributed by atoms with Crippen molar-refractivity contribution in [1.29, 1.82) is 0 Å². The van der Waals surface area contributed by atoms with Crippen molar-refractivity contribution in [3.63, 3.8) is 0 Å². The molecule has 0 aromatic rings. The van der Waals surface area contributed by atoms with Gasteiger partial charge in [-0.2, -0.15) is 0 Å². The van der Waals surface area contributed by atoms with Gasteiger partial charge in [-0.15, -0.1) is 0 Å². The van der Waals surface area contributed by atoms with Crippen molar-refractivity contribution in [2.24, 2.45) is 5.92 Å². The molecule has 0 saturated heterocycles. The summed E-state index contributed by atoms with van der Waals surface area (Å²) in [5.74, 6) is 0.466. The van der Waals surface area contributed by atoms with E-state index < -0.39 is 13.4 Å². The van der Waals surface area contributed by atoms with E-state index >= 15 is 0 Å². The molecule has 0 atom stereocenters. The Labute approximate surface area is 126 Å². The molecule has 0 fully saturated rings. The predicted molar refractivity (Wildman–Crippen MR) is 79.8 cm³/mol. The lowest BCUT2D eigenvalue weighted by Gasteiger charge is -2.24. The summed E-state index contributed by atoms with van der Waals surface area (Å²) >= 11 is 0. The quantitative estimate of drug-likeness (QED) is 0.567. The summed E-state index contributed by atoms with van der Waals surface area (Å²) in [5.41, 5.74) is -1.07. The number of hydrogen-bond donors (Lipinski definition) is 2. The summed E-state index contributed by atoms with van der Waals surface area (Å²) in [6.07, 6.45) is 2.10. The molecular formula is C14H27O6P. The van der Waals surface area contributed by atoms with Crippen LogP contribution in [0.25, 0.3) is 0 Å². The molecular weight excluding hydrogens is 295 g/mol. The molecule has 0 spiro atoms. The number of carbonyl (C=O) groups is 2. The summed E-state index contributed by atoms with van der Waals surface area (Å²) in [6.45, 7) is 7.13. The van der Waals surface area contributed by atoms with Crippen molar-refractivity contribution in [3.05, 3.63) is 0 Å². The third kappa shape index (κ3) is 12.9. The largest absolute Gasteiger partial charge is 0.470 e. The Morgan fingerprint density at radius 2 is 1.52 bits per heavy atom. The van der Waals surface area contributed by atoms with Gasteiger partial charge in [-0.1, -0.05) is 13.8 Å². The van der Waals surface area contributed by atoms with Gasteiger partial charge in [-0.25, -0.2) is 4.57 Å². The average Bonchev–Trinajstić information content (AvgIpc) is 2.28. The van der Waals surface area contributed by atoms with Crippen molar-refractivity contribution >= 4 is 19.4 Å². The van der Waals surface area contributed by atoms with Crippen molar-refractivity contribution in [3.8, 4) is 0 Å². The van der Waals surface area contributed by atoms with Crippen LogP contribution >= 0.6 is 7.82 Å². The normalized spacial score (nSPS) is 12.7. The molecule has 7 heteroatoms. The number of ketones is 2. The molecule has 2 N–H and O–H groups in total. The lowest BCUT2D eigenvalue weighted by molar-refractivity contribution is -0.124. The predicted octanol–water partition coefficient (Wildman–Crippen LogP) is 3.01. The fourth-order valence-corrected chi connectivity index (χ4v) is 2.52. The Balaban J connectivity index is 4.00. The number of carbonyl (C=O) groups excluding carboxylic acids is 2. The van der Waals surface area contributed by atoms with E-state index in [2.05, 4.69) is 4.52 Å². The summed E-state index contributed by atoms with van der Waals surface area (Å²) in [5, 5.41) is 0. The number of hydrogen-bond acceptors (Lipinski definition) is 4. The molecule has 0 aliphatic carbocycles. The first-order valence-electron chi connectivity index (χ1n) is 7.21. The maximum atomic E-state index is 11.7. The topological polar surface area (TPSA) is 101 Å². The van der Waals surface area contributed by atoms with E-state index in [0.29, 0.717) is 12.3 Å². The van der Waals surface area contributed by atoms with Crippen molar-refractivity contribution in [2.75, 3.05) is 0 Å². The van der Waals surface area contributed by atoms with Crippen LogP contribution in [0.5, 0.6) is 0 Å². The minimum atomic E-state index is -4.56. The van der Waals surface area contributed by atoms with E-state index in [-0.39, 0.29) is 37.2 Å². The molecule has 0 rings (SSSR count). The Kier molecular flexibility index (Phi) is 8.56. The SMILES string of the molecule is CC(C)CCC(=O)CCC(=O)CCC(C)(C)OP(=O)(O)O. The van der Waals surface area contributed by atoms with Gasteiger partial charge < -0.3 is 9.79 Å². The van der Waals surface area contributed by atoms with E-state index in [9.17, 15) is 14.2 Å². The van der Waals surface area contributed by atoms with Crippen LogP contribution in [0.3, 0.4) is 0 Å². The van der Waals surface area contributed by atoms with Crippen LogP contribution in [0.4, 0.5) is 0 Å². The first-order chi connectivity index (χ1) is 9.41. The Bertz CT molecular complexity index is 396. The minimum absolute atomic E-state index is 0.0859. The lowest BCUT2D eigenvalue weighted by Crippen LogP contribution is -2.24. The van der Waals surface area contributed by atoms with Gasteiger partial charge in [0, 0.05) is 25.7 Å². The smallest absolute Gasteiger partial charge is 0.303 e. The molecule has 0 aromatic carbocycles. The molecule has 0 unspecified atom stereocenters. The van der Waals surface area contributed by atoms with Gasteiger partial charge in [0.25, 0.3) is 0 Å². The standard InChI is InChI=1S/C14H27O6P/c1-11(2)5-6-12(15)7-8-13(16)9-10-14(3,4)20-21(17,18)19/h11H,5-10H2,1-4H3,(H2,17,18,19). The van der Waals surface area contributed by atoms with Crippen LogP contribution in [0.1, 0.15) is 66.2 Å². The van der Waals surface area contributed by atoms with Crippen LogP contribution in [0.15, 0.2) is 0 Å². The number of Topliss-reactive ketones (excluding diaryl/α,β-unsaturated/α-hetero) is 2. The monoisotopic (exact) mass is 322 g/mol. The van der Waals surface area contributed by atoms with Crippen LogP contribution in [0, 0.1) is 5.92 Å². The Morgan fingerprint density at radius 1 is 1.05 bits per heavy atom. The molecule has 0 saturated carbocycles. The van der Waals surface area contributed by atoms with Crippen LogP contribution in [0.2, 0.25) is 0 Å². The molecule has 0 heterocycles. The summed E-state index contributed by atoms with van der Waals surface area (Å²) in [7, 11) is -4.56. The highest BCUT2D eigenvalue weighted by molar-refractivity contribution is 7.46. The molecule has 0 amide bonds. The summed E-state index contributed by atoms with van der Waals surface area (Å²) < 4.78 is 15.4. The Hall–Kier alpha value is -0.550. The molecule has 0 radical (unpaired) electrons. The second kappa shape index (κ2) is 8.79. The van der Waals surface area contributed by atoms with Gasteiger partial charge in [0.15, 0.2) is 0 Å². The van der Waals surface area contributed by atoms with Gasteiger partial charge in [-0.3, -0.25) is 14.1 Å². The molecule has 124 valence electrons. The average molecular weight is 322 g/mol. The van der Waals surface area contributed by atoms with E-state index in [4.69, 9.17) is 9.79 Å². The number of phosphoric ester groups is 1. The molecule has 0 aliphatic rings. The van der Waals surface area contributed by atoms with Crippen LogP contribution < -0.4 is 0 Å². The molecule has 0 aromatic heterocycles. The van der Waals surface area contributed by atoms with E-state index in [1.807, 2.05) is 13.8 Å². The highest BCUT2D eigenvalue weighted by Gasteiger charge is 2.29. The van der Waals surface area contributed by atoms with E-state index in [1.165, 1.54) is 13.8 Å². The molecule has 0 aliphatic heterocycles. The highest BCUT2D eigenvalue weighted by Crippen LogP contribution is 2.42. The summed E-state index contributed by atoms with van der Waals surface area (Å²) in [6, 6.07) is 0. The third-order valence-electron chi connectivity index (χ3n) is 3.06. The lowest BCUT2D eigenvalue weighted by atomic mass is 9.97. The van der Waals surface area contributed by atoms with Crippen LogP contribution in [-0.2, 0) is 18.7 Å². The first kappa shape index (κ1) is 20.5. The second-order valence-corrected chi connectivity index (χ2v) is 7.52. The second-order valence-electron chi connectivity index (χ2n) is 6.35. The zero-order chi connectivity index (χ0) is 16.7. The van der Waals surface area contributed by atoms with E-state index in [0.717, 1.165) is 6.42 Å². The highest BCUT2D eigenvalue weighted by atomic mass is 31.2. The molecule has 21 heavy (non-hydrogen) atoms. The fourth-order valence-electron chi connectivity index (χ4n) is 1.79. The Morgan fingerprint density at radius 3 is 1.95 bits per heavy atom. The third-order valence-corrected chi connectivity index (χ3v) is 3.79. The zero-order valence-corrected chi connectivity index (χ0v) is 14.2. The van der Waals surface area contributed by atoms with Crippen molar-refractivity contribution < 1.29 is 28.5 Å². The van der Waals surface area contributed by atoms with Gasteiger partial charge in [0.2, 0.25) is 0 Å². The zero-order valence-electron chi connectivity index (χ0n) is 13.3. The van der Waals surface area contributed by atoms with Gasteiger partial charge in [-0.05, 0) is 32.6 Å². The first-order valence-corrected chi connectivity index (χ1v) is 8.74. The number of rotatable bonds is 11. The maximum Gasteiger partial charge on any atom is 0.470 e. The number of phosphoric acid groups is 1. The fraction of sp³-hybridized carbons (Fsp3) is 0.857. The maximum absolute atomic E-state index is 11.7. The summed E-state index contributed by atoms with van der Waals surface area (Å²) in [4.78, 5) is 40.8. The van der Waals surface area contributed by atoms with Gasteiger partial charge in [0.1, 0.15) is 11.6 Å². The minimum Gasteiger partial charge on any atom is -0.303 e. The molecule has 6 nitrogen and oxygen atoms in total. The van der Waals surface area contributed by atoms with Gasteiger partial charge in [0.05, 0.1) is 5.60 Å². The van der Waals surface area contributed by atoms with Gasteiger partial charge >= 0.3 is 7.82 Å². The molecule has 0 bridgehead atoms.